The van der Waals surface area contributed by atoms with Crippen LogP contribution in [-0.2, 0) is 4.79 Å². The van der Waals surface area contributed by atoms with Gasteiger partial charge in [0, 0.05) is 36.1 Å². The second-order valence-electron chi connectivity index (χ2n) is 4.03. The van der Waals surface area contributed by atoms with Crippen molar-refractivity contribution in [1.82, 2.24) is 10.6 Å². The fourth-order valence-corrected chi connectivity index (χ4v) is 2.05. The van der Waals surface area contributed by atoms with E-state index in [0.29, 0.717) is 4.47 Å². The Morgan fingerprint density at radius 1 is 1.40 bits per heavy atom. The molecule has 0 radical (unpaired) electrons. The Morgan fingerprint density at radius 2 is 2.05 bits per heavy atom. The van der Waals surface area contributed by atoms with Crippen LogP contribution in [0, 0.1) is 17.0 Å². The first kappa shape index (κ1) is 16.1. The standard InChI is InChI=1S/C12H14BrN3O4/c1-7-9(5-8(13)6-10(7)16(19)20)12(18)15-4-3-11(17)14-2/h5-6H,3-4H2,1-2H3,(H,14,17)(H,15,18). The van der Waals surface area contributed by atoms with E-state index < -0.39 is 10.8 Å². The summed E-state index contributed by atoms with van der Waals surface area (Å²) in [7, 11) is 1.51. The lowest BCUT2D eigenvalue weighted by atomic mass is 10.1. The van der Waals surface area contributed by atoms with Crippen LogP contribution in [0.4, 0.5) is 5.69 Å². The topological polar surface area (TPSA) is 101 Å². The molecule has 0 atom stereocenters. The van der Waals surface area contributed by atoms with Gasteiger partial charge in [0.15, 0.2) is 0 Å². The molecule has 0 aliphatic carbocycles. The summed E-state index contributed by atoms with van der Waals surface area (Å²) >= 11 is 3.14. The summed E-state index contributed by atoms with van der Waals surface area (Å²) in [5, 5.41) is 15.9. The Kier molecular flexibility index (Phi) is 5.63. The second-order valence-corrected chi connectivity index (χ2v) is 4.95. The number of hydrogen-bond acceptors (Lipinski definition) is 4. The number of nitrogens with zero attached hydrogens (tertiary/aromatic N) is 1. The number of rotatable bonds is 5. The zero-order valence-corrected chi connectivity index (χ0v) is 12.6. The van der Waals surface area contributed by atoms with Gasteiger partial charge >= 0.3 is 0 Å². The highest BCUT2D eigenvalue weighted by Crippen LogP contribution is 2.26. The molecule has 2 amide bonds. The van der Waals surface area contributed by atoms with E-state index in [4.69, 9.17) is 0 Å². The molecule has 1 aromatic carbocycles. The minimum Gasteiger partial charge on any atom is -0.359 e. The number of hydrogen-bond donors (Lipinski definition) is 2. The number of nitro groups is 1. The Hall–Kier alpha value is -1.96. The Labute approximate surface area is 124 Å². The predicted molar refractivity (Wildman–Crippen MR) is 76.6 cm³/mol. The van der Waals surface area contributed by atoms with Crippen molar-refractivity contribution < 1.29 is 14.5 Å². The van der Waals surface area contributed by atoms with Crippen LogP contribution in [0.3, 0.4) is 0 Å². The van der Waals surface area contributed by atoms with Gasteiger partial charge in [-0.15, -0.1) is 0 Å². The molecule has 0 saturated carbocycles. The highest BCUT2D eigenvalue weighted by molar-refractivity contribution is 9.10. The molecule has 0 aliphatic heterocycles. The van der Waals surface area contributed by atoms with E-state index in [2.05, 4.69) is 26.6 Å². The van der Waals surface area contributed by atoms with Crippen LogP contribution in [0.2, 0.25) is 0 Å². The SMILES string of the molecule is CNC(=O)CCNC(=O)c1cc(Br)cc([N+](=O)[O-])c1C. The van der Waals surface area contributed by atoms with Crippen LogP contribution >= 0.6 is 15.9 Å². The quantitative estimate of drug-likeness (QED) is 0.625. The minimum absolute atomic E-state index is 0.129. The van der Waals surface area contributed by atoms with E-state index in [1.165, 1.54) is 26.1 Å². The van der Waals surface area contributed by atoms with Gasteiger partial charge in [0.25, 0.3) is 11.6 Å². The lowest BCUT2D eigenvalue weighted by Gasteiger charge is -2.08. The van der Waals surface area contributed by atoms with Crippen LogP contribution in [0.5, 0.6) is 0 Å². The van der Waals surface area contributed by atoms with Gasteiger partial charge in [0.2, 0.25) is 5.91 Å². The number of carbonyl (C=O) groups is 2. The predicted octanol–water partition coefficient (Wildman–Crippen LogP) is 1.53. The number of nitro benzene ring substituents is 1. The van der Waals surface area contributed by atoms with E-state index in [1.54, 1.807) is 0 Å². The van der Waals surface area contributed by atoms with Gasteiger partial charge in [0.1, 0.15) is 0 Å². The first-order valence-corrected chi connectivity index (χ1v) is 6.59. The second kappa shape index (κ2) is 6.99. The van der Waals surface area contributed by atoms with Crippen molar-refractivity contribution in [3.8, 4) is 0 Å². The van der Waals surface area contributed by atoms with Crippen molar-refractivity contribution in [2.75, 3.05) is 13.6 Å². The molecule has 1 aromatic rings. The summed E-state index contributed by atoms with van der Waals surface area (Å²) < 4.78 is 0.450. The Balaban J connectivity index is 2.88. The first-order chi connectivity index (χ1) is 9.36. The molecule has 2 N–H and O–H groups in total. The van der Waals surface area contributed by atoms with Gasteiger partial charge in [-0.05, 0) is 13.0 Å². The molecular weight excluding hydrogens is 330 g/mol. The van der Waals surface area contributed by atoms with E-state index >= 15 is 0 Å². The summed E-state index contributed by atoms with van der Waals surface area (Å²) in [4.78, 5) is 33.4. The summed E-state index contributed by atoms with van der Waals surface area (Å²) in [5.41, 5.74) is 0.370. The molecule has 0 aliphatic rings. The van der Waals surface area contributed by atoms with Gasteiger partial charge in [-0.2, -0.15) is 0 Å². The third kappa shape index (κ3) is 4.02. The van der Waals surface area contributed by atoms with Gasteiger partial charge in [-0.25, -0.2) is 0 Å². The maximum Gasteiger partial charge on any atom is 0.274 e. The summed E-state index contributed by atoms with van der Waals surface area (Å²) in [6.45, 7) is 1.68. The van der Waals surface area contributed by atoms with Gasteiger partial charge in [0.05, 0.1) is 10.5 Å². The molecule has 0 aromatic heterocycles. The lowest BCUT2D eigenvalue weighted by Crippen LogP contribution is -2.29. The number of amides is 2. The number of nitrogens with one attached hydrogen (secondary N) is 2. The molecule has 8 heteroatoms. The average molecular weight is 344 g/mol. The molecule has 108 valence electrons. The average Bonchev–Trinajstić information content (AvgIpc) is 2.40. The van der Waals surface area contributed by atoms with Crippen molar-refractivity contribution in [2.24, 2.45) is 0 Å². The lowest BCUT2D eigenvalue weighted by molar-refractivity contribution is -0.385. The van der Waals surface area contributed by atoms with Crippen molar-refractivity contribution in [1.29, 1.82) is 0 Å². The van der Waals surface area contributed by atoms with Gasteiger partial charge in [-0.1, -0.05) is 15.9 Å². The molecule has 0 bridgehead atoms. The fraction of sp³-hybridized carbons (Fsp3) is 0.333. The van der Waals surface area contributed by atoms with E-state index in [9.17, 15) is 19.7 Å². The molecule has 0 heterocycles. The van der Waals surface area contributed by atoms with Crippen LogP contribution in [0.1, 0.15) is 22.3 Å². The molecule has 0 spiro atoms. The fourth-order valence-electron chi connectivity index (χ4n) is 1.60. The number of halogens is 1. The zero-order chi connectivity index (χ0) is 15.3. The maximum absolute atomic E-state index is 12.0. The summed E-state index contributed by atoms with van der Waals surface area (Å²) in [6, 6.07) is 2.86. The van der Waals surface area contributed by atoms with Crippen molar-refractivity contribution in [3.05, 3.63) is 37.8 Å². The van der Waals surface area contributed by atoms with Crippen LogP contribution in [0.25, 0.3) is 0 Å². The van der Waals surface area contributed by atoms with E-state index in [1.807, 2.05) is 0 Å². The van der Waals surface area contributed by atoms with Gasteiger partial charge < -0.3 is 10.6 Å². The summed E-state index contributed by atoms with van der Waals surface area (Å²) in [5.74, 6) is -0.641. The Bertz CT molecular complexity index is 560. The highest BCUT2D eigenvalue weighted by atomic mass is 79.9. The first-order valence-electron chi connectivity index (χ1n) is 5.80. The van der Waals surface area contributed by atoms with Crippen molar-refractivity contribution in [2.45, 2.75) is 13.3 Å². The van der Waals surface area contributed by atoms with Gasteiger partial charge in [-0.3, -0.25) is 19.7 Å². The molecule has 7 nitrogen and oxygen atoms in total. The normalized spacial score (nSPS) is 9.95. The molecule has 1 rings (SSSR count). The number of benzene rings is 1. The molecule has 0 unspecified atom stereocenters. The molecule has 0 saturated heterocycles. The minimum atomic E-state index is -0.540. The van der Waals surface area contributed by atoms with Crippen molar-refractivity contribution in [3.63, 3.8) is 0 Å². The monoisotopic (exact) mass is 343 g/mol. The third-order valence-electron chi connectivity index (χ3n) is 2.70. The maximum atomic E-state index is 12.0. The molecule has 20 heavy (non-hydrogen) atoms. The summed E-state index contributed by atoms with van der Waals surface area (Å²) in [6.07, 6.45) is 0.150. The van der Waals surface area contributed by atoms with Crippen LogP contribution < -0.4 is 10.6 Å². The Morgan fingerprint density at radius 3 is 2.60 bits per heavy atom. The highest BCUT2D eigenvalue weighted by Gasteiger charge is 2.19. The molecule has 0 fully saturated rings. The third-order valence-corrected chi connectivity index (χ3v) is 3.16. The van der Waals surface area contributed by atoms with Crippen LogP contribution in [0.15, 0.2) is 16.6 Å². The zero-order valence-electron chi connectivity index (χ0n) is 11.0. The smallest absolute Gasteiger partial charge is 0.274 e. The van der Waals surface area contributed by atoms with Crippen molar-refractivity contribution >= 4 is 33.4 Å². The number of carbonyl (C=O) groups excluding carboxylic acids is 2. The largest absolute Gasteiger partial charge is 0.359 e. The van der Waals surface area contributed by atoms with E-state index in [0.717, 1.165) is 0 Å². The molecular formula is C12H14BrN3O4. The van der Waals surface area contributed by atoms with E-state index in [-0.39, 0.29) is 35.7 Å². The van der Waals surface area contributed by atoms with Crippen LogP contribution in [-0.4, -0.2) is 30.3 Å².